The molecule has 0 spiro atoms. The molecule has 178 valence electrons. The Kier molecular flexibility index (Phi) is 6.46. The number of nitrogens with zero attached hydrogens (tertiary/aromatic N) is 1. The standard InChI is InChI=1S/C31H25NO4/c1-36-31(35)25-17-16-24-19-23(21-9-3-2-4-10-21)15-14-22(28(24)20-25)11-7-8-18-32-29(33)26-12-5-6-13-27(26)30(32)34/h2-7,9-17,20H,8,18-19H2,1H3/b11-7+. The van der Waals surface area contributed by atoms with Crippen molar-refractivity contribution in [3.63, 3.8) is 0 Å². The van der Waals surface area contributed by atoms with Crippen LogP contribution in [0.3, 0.4) is 0 Å². The summed E-state index contributed by atoms with van der Waals surface area (Å²) in [6, 6.07) is 22.8. The number of allylic oxidation sites excluding steroid dienone is 5. The summed E-state index contributed by atoms with van der Waals surface area (Å²) in [5.41, 5.74) is 6.74. The van der Waals surface area contributed by atoms with Crippen LogP contribution in [-0.4, -0.2) is 36.3 Å². The molecule has 0 N–H and O–H groups in total. The van der Waals surface area contributed by atoms with E-state index in [9.17, 15) is 14.4 Å². The summed E-state index contributed by atoms with van der Waals surface area (Å²) in [5.74, 6) is -0.880. The minimum Gasteiger partial charge on any atom is -0.465 e. The molecule has 0 unspecified atom stereocenters. The predicted octanol–water partition coefficient (Wildman–Crippen LogP) is 5.74. The second-order valence-corrected chi connectivity index (χ2v) is 8.72. The fourth-order valence-corrected chi connectivity index (χ4v) is 4.64. The highest BCUT2D eigenvalue weighted by atomic mass is 16.5. The number of imide groups is 1. The Morgan fingerprint density at radius 1 is 0.889 bits per heavy atom. The van der Waals surface area contributed by atoms with Gasteiger partial charge in [0, 0.05) is 6.54 Å². The van der Waals surface area contributed by atoms with Gasteiger partial charge in [0.05, 0.1) is 23.8 Å². The minimum atomic E-state index is -0.382. The van der Waals surface area contributed by atoms with E-state index in [0.29, 0.717) is 29.7 Å². The molecule has 0 aromatic heterocycles. The molecule has 3 aromatic carbocycles. The number of hydrogen-bond acceptors (Lipinski definition) is 4. The van der Waals surface area contributed by atoms with Crippen molar-refractivity contribution < 1.29 is 19.1 Å². The van der Waals surface area contributed by atoms with Crippen LogP contribution < -0.4 is 0 Å². The summed E-state index contributed by atoms with van der Waals surface area (Å²) >= 11 is 0. The minimum absolute atomic E-state index is 0.249. The van der Waals surface area contributed by atoms with Crippen LogP contribution in [0.25, 0.3) is 11.1 Å². The average Bonchev–Trinajstić information content (AvgIpc) is 3.05. The van der Waals surface area contributed by atoms with Crippen molar-refractivity contribution in [2.45, 2.75) is 12.8 Å². The number of benzene rings is 3. The average molecular weight is 476 g/mol. The number of carbonyl (C=O) groups is 3. The van der Waals surface area contributed by atoms with Crippen molar-refractivity contribution in [2.24, 2.45) is 0 Å². The van der Waals surface area contributed by atoms with E-state index >= 15 is 0 Å². The molecule has 1 aliphatic heterocycles. The molecule has 2 amide bonds. The van der Waals surface area contributed by atoms with Crippen LogP contribution in [0.4, 0.5) is 0 Å². The summed E-state index contributed by atoms with van der Waals surface area (Å²) in [6.45, 7) is 0.302. The lowest BCUT2D eigenvalue weighted by atomic mass is 9.93. The van der Waals surface area contributed by atoms with Crippen molar-refractivity contribution in [1.29, 1.82) is 0 Å². The zero-order valence-corrected chi connectivity index (χ0v) is 19.9. The summed E-state index contributed by atoms with van der Waals surface area (Å²) < 4.78 is 4.93. The number of esters is 1. The Labute approximate surface area is 210 Å². The first-order chi connectivity index (χ1) is 17.6. The molecule has 0 saturated heterocycles. The number of hydrogen-bond donors (Lipinski definition) is 0. The second-order valence-electron chi connectivity index (χ2n) is 8.72. The summed E-state index contributed by atoms with van der Waals surface area (Å²) in [6.07, 6.45) is 9.35. The molecule has 5 heteroatoms. The Balaban J connectivity index is 1.40. The normalized spacial score (nSPS) is 14.8. The van der Waals surface area contributed by atoms with Crippen LogP contribution in [-0.2, 0) is 11.2 Å². The van der Waals surface area contributed by atoms with Crippen LogP contribution >= 0.6 is 0 Å². The number of carbonyl (C=O) groups excluding carboxylic acids is 3. The molecule has 2 aliphatic rings. The highest BCUT2D eigenvalue weighted by molar-refractivity contribution is 6.21. The Hall–Kier alpha value is -4.51. The van der Waals surface area contributed by atoms with Gasteiger partial charge in [-0.25, -0.2) is 4.79 Å². The first-order valence-electron chi connectivity index (χ1n) is 11.9. The lowest BCUT2D eigenvalue weighted by molar-refractivity contribution is 0.0598. The third kappa shape index (κ3) is 4.43. The maximum atomic E-state index is 12.6. The van der Waals surface area contributed by atoms with Crippen LogP contribution in [0.15, 0.2) is 97.1 Å². The molecule has 0 bridgehead atoms. The van der Waals surface area contributed by atoms with Gasteiger partial charge in [-0.05, 0) is 64.9 Å². The molecule has 0 radical (unpaired) electrons. The molecule has 36 heavy (non-hydrogen) atoms. The van der Waals surface area contributed by atoms with Crippen LogP contribution in [0, 0.1) is 0 Å². The molecule has 0 fully saturated rings. The number of amides is 2. The molecule has 3 aromatic rings. The summed E-state index contributed by atoms with van der Waals surface area (Å²) in [7, 11) is 1.37. The molecule has 5 nitrogen and oxygen atoms in total. The van der Waals surface area contributed by atoms with Gasteiger partial charge < -0.3 is 4.74 Å². The topological polar surface area (TPSA) is 63.7 Å². The van der Waals surface area contributed by atoms with E-state index in [1.165, 1.54) is 17.6 Å². The highest BCUT2D eigenvalue weighted by Gasteiger charge is 2.34. The van der Waals surface area contributed by atoms with Gasteiger partial charge in [-0.3, -0.25) is 14.5 Å². The molecule has 0 saturated carbocycles. The summed E-state index contributed by atoms with van der Waals surface area (Å²) in [5, 5.41) is 0. The first-order valence-corrected chi connectivity index (χ1v) is 11.9. The third-order valence-corrected chi connectivity index (χ3v) is 6.53. The smallest absolute Gasteiger partial charge is 0.337 e. The van der Waals surface area contributed by atoms with E-state index in [1.807, 2.05) is 48.6 Å². The maximum Gasteiger partial charge on any atom is 0.337 e. The van der Waals surface area contributed by atoms with Gasteiger partial charge in [0.25, 0.3) is 11.8 Å². The van der Waals surface area contributed by atoms with Crippen molar-refractivity contribution >= 4 is 28.9 Å². The molecule has 5 rings (SSSR count). The van der Waals surface area contributed by atoms with Crippen LogP contribution in [0.1, 0.15) is 54.2 Å². The maximum absolute atomic E-state index is 12.6. The van der Waals surface area contributed by atoms with Crippen molar-refractivity contribution in [2.75, 3.05) is 13.7 Å². The highest BCUT2D eigenvalue weighted by Crippen LogP contribution is 2.32. The number of ether oxygens (including phenoxy) is 1. The van der Waals surface area contributed by atoms with Crippen LogP contribution in [0.2, 0.25) is 0 Å². The van der Waals surface area contributed by atoms with Gasteiger partial charge in [0.15, 0.2) is 0 Å². The van der Waals surface area contributed by atoms with Crippen molar-refractivity contribution in [1.82, 2.24) is 4.90 Å². The van der Waals surface area contributed by atoms with Crippen LogP contribution in [0.5, 0.6) is 0 Å². The number of rotatable bonds is 6. The SMILES string of the molecule is COC(=O)c1ccc2c(c1)C(/C=C/CCN1C(=O)c3ccccc3C1=O)=CC=C(c1ccccc1)C2. The Morgan fingerprint density at radius 3 is 2.28 bits per heavy atom. The van der Waals surface area contributed by atoms with E-state index < -0.39 is 0 Å². The Bertz CT molecular complexity index is 1410. The number of fused-ring (bicyclic) bond motifs is 2. The summed E-state index contributed by atoms with van der Waals surface area (Å²) in [4.78, 5) is 38.8. The second kappa shape index (κ2) is 10.0. The van der Waals surface area contributed by atoms with Gasteiger partial charge in [-0.2, -0.15) is 0 Å². The van der Waals surface area contributed by atoms with E-state index in [1.54, 1.807) is 30.3 Å². The third-order valence-electron chi connectivity index (χ3n) is 6.53. The van der Waals surface area contributed by atoms with E-state index in [4.69, 9.17) is 4.74 Å². The van der Waals surface area contributed by atoms with Crippen molar-refractivity contribution in [3.8, 4) is 0 Å². The lowest BCUT2D eigenvalue weighted by Gasteiger charge is -2.13. The largest absolute Gasteiger partial charge is 0.465 e. The van der Waals surface area contributed by atoms with E-state index in [-0.39, 0.29) is 17.8 Å². The van der Waals surface area contributed by atoms with E-state index in [2.05, 4.69) is 18.2 Å². The zero-order chi connectivity index (χ0) is 25.1. The molecule has 1 heterocycles. The van der Waals surface area contributed by atoms with Gasteiger partial charge in [-0.1, -0.05) is 72.8 Å². The van der Waals surface area contributed by atoms with Gasteiger partial charge >= 0.3 is 5.97 Å². The number of methoxy groups -OCH3 is 1. The first kappa shape index (κ1) is 23.2. The quantitative estimate of drug-likeness (QED) is 0.337. The predicted molar refractivity (Wildman–Crippen MR) is 139 cm³/mol. The monoisotopic (exact) mass is 475 g/mol. The molecule has 0 atom stereocenters. The fourth-order valence-electron chi connectivity index (χ4n) is 4.64. The lowest BCUT2D eigenvalue weighted by Crippen LogP contribution is -2.30. The van der Waals surface area contributed by atoms with Gasteiger partial charge in [-0.15, -0.1) is 0 Å². The van der Waals surface area contributed by atoms with E-state index in [0.717, 1.165) is 28.7 Å². The fraction of sp³-hybridized carbons (Fsp3) is 0.129. The molecular formula is C31H25NO4. The van der Waals surface area contributed by atoms with Gasteiger partial charge in [0.2, 0.25) is 0 Å². The van der Waals surface area contributed by atoms with Crippen molar-refractivity contribution in [3.05, 3.63) is 130 Å². The molecule has 1 aliphatic carbocycles. The zero-order valence-electron chi connectivity index (χ0n) is 19.9. The Morgan fingerprint density at radius 2 is 1.58 bits per heavy atom. The molecular weight excluding hydrogens is 450 g/mol. The van der Waals surface area contributed by atoms with Gasteiger partial charge in [0.1, 0.15) is 0 Å².